The number of carbonyl (C=O) groups excluding carboxylic acids is 3. The summed E-state index contributed by atoms with van der Waals surface area (Å²) in [5, 5.41) is 5.20. The van der Waals surface area contributed by atoms with Crippen molar-refractivity contribution in [2.45, 2.75) is 13.3 Å². The number of amides is 2. The van der Waals surface area contributed by atoms with Gasteiger partial charge in [0.2, 0.25) is 21.8 Å². The van der Waals surface area contributed by atoms with Crippen LogP contribution in [0.5, 0.6) is 0 Å². The van der Waals surface area contributed by atoms with Gasteiger partial charge in [-0.2, -0.15) is 0 Å². The van der Waals surface area contributed by atoms with Crippen LogP contribution < -0.4 is 15.4 Å². The summed E-state index contributed by atoms with van der Waals surface area (Å²) in [7, 11) is -3.44. The predicted octanol–water partition coefficient (Wildman–Crippen LogP) is 3.26. The van der Waals surface area contributed by atoms with Crippen molar-refractivity contribution in [1.82, 2.24) is 5.32 Å². The number of carbonyl (C=O) groups is 3. The zero-order chi connectivity index (χ0) is 25.4. The highest BCUT2D eigenvalue weighted by Crippen LogP contribution is 2.35. The van der Waals surface area contributed by atoms with E-state index in [0.29, 0.717) is 16.9 Å². The second-order valence-electron chi connectivity index (χ2n) is 7.52. The average molecular weight is 516 g/mol. The normalized spacial score (nSPS) is 10.9. The Morgan fingerprint density at radius 3 is 2.40 bits per heavy atom. The molecule has 2 amide bonds. The third-order valence-electron chi connectivity index (χ3n) is 4.57. The van der Waals surface area contributed by atoms with Crippen molar-refractivity contribution in [3.8, 4) is 10.4 Å². The lowest BCUT2D eigenvalue weighted by atomic mass is 10.1. The molecule has 0 saturated heterocycles. The van der Waals surface area contributed by atoms with Crippen molar-refractivity contribution in [2.24, 2.45) is 0 Å². The van der Waals surface area contributed by atoms with E-state index in [1.165, 1.54) is 11.3 Å². The minimum absolute atomic E-state index is 0.0444. The molecule has 0 aliphatic carbocycles. The zero-order valence-corrected chi connectivity index (χ0v) is 20.8. The first-order valence-corrected chi connectivity index (χ1v) is 13.3. The smallest absolute Gasteiger partial charge is 0.350 e. The van der Waals surface area contributed by atoms with Gasteiger partial charge in [0.1, 0.15) is 4.88 Å². The van der Waals surface area contributed by atoms with Crippen LogP contribution in [0.1, 0.15) is 22.2 Å². The topological polar surface area (TPSA) is 131 Å². The summed E-state index contributed by atoms with van der Waals surface area (Å²) < 4.78 is 30.2. The summed E-state index contributed by atoms with van der Waals surface area (Å²) in [6.07, 6.45) is 0.992. The standard InChI is InChI=1S/C24H25N3O6S2/c1-3-33-24(30)23-19(14-20(34-23)17-9-5-4-6-10-17)26-22(29)15-25-21(28)13-16-8-7-11-18(12-16)27-35(2,31)32/h4-12,14,27H,3,13,15H2,1-2H3,(H,25,28)(H,26,29). The Kier molecular flexibility index (Phi) is 8.61. The Morgan fingerprint density at radius 2 is 1.71 bits per heavy atom. The van der Waals surface area contributed by atoms with Crippen molar-refractivity contribution < 1.29 is 27.5 Å². The lowest BCUT2D eigenvalue weighted by Crippen LogP contribution is -2.34. The third kappa shape index (κ3) is 7.94. The van der Waals surface area contributed by atoms with E-state index in [1.807, 2.05) is 30.3 Å². The van der Waals surface area contributed by atoms with Crippen LogP contribution in [0.15, 0.2) is 60.7 Å². The lowest BCUT2D eigenvalue weighted by molar-refractivity contribution is -0.123. The van der Waals surface area contributed by atoms with Gasteiger partial charge in [-0.15, -0.1) is 11.3 Å². The molecule has 0 radical (unpaired) electrons. The number of ether oxygens (including phenoxy) is 1. The van der Waals surface area contributed by atoms with Gasteiger partial charge in [0, 0.05) is 10.6 Å². The van der Waals surface area contributed by atoms with E-state index in [1.54, 1.807) is 37.3 Å². The number of hydrogen-bond donors (Lipinski definition) is 3. The lowest BCUT2D eigenvalue weighted by Gasteiger charge is -2.09. The highest BCUT2D eigenvalue weighted by Gasteiger charge is 2.20. The van der Waals surface area contributed by atoms with Crippen molar-refractivity contribution >= 4 is 50.5 Å². The SMILES string of the molecule is CCOC(=O)c1sc(-c2ccccc2)cc1NC(=O)CNC(=O)Cc1cccc(NS(C)(=O)=O)c1. The molecular weight excluding hydrogens is 490 g/mol. The van der Waals surface area contributed by atoms with Crippen LogP contribution in [0.2, 0.25) is 0 Å². The third-order valence-corrected chi connectivity index (χ3v) is 6.34. The summed E-state index contributed by atoms with van der Waals surface area (Å²) in [6, 6.07) is 17.5. The quantitative estimate of drug-likeness (QED) is 0.355. The Labute approximate surface area is 207 Å². The second-order valence-corrected chi connectivity index (χ2v) is 10.3. The maximum absolute atomic E-state index is 12.5. The number of nitrogens with one attached hydrogen (secondary N) is 3. The molecule has 35 heavy (non-hydrogen) atoms. The monoisotopic (exact) mass is 515 g/mol. The van der Waals surface area contributed by atoms with E-state index in [2.05, 4.69) is 15.4 Å². The molecule has 184 valence electrons. The van der Waals surface area contributed by atoms with Crippen LogP contribution >= 0.6 is 11.3 Å². The first-order chi connectivity index (χ1) is 16.6. The molecule has 0 spiro atoms. The van der Waals surface area contributed by atoms with E-state index in [0.717, 1.165) is 16.7 Å². The highest BCUT2D eigenvalue weighted by molar-refractivity contribution is 7.92. The predicted molar refractivity (Wildman–Crippen MR) is 136 cm³/mol. The molecule has 9 nitrogen and oxygen atoms in total. The van der Waals surface area contributed by atoms with Crippen LogP contribution in [-0.4, -0.2) is 45.6 Å². The Morgan fingerprint density at radius 1 is 0.971 bits per heavy atom. The molecule has 1 aromatic heterocycles. The Bertz CT molecular complexity index is 1320. The molecule has 3 aromatic rings. The van der Waals surface area contributed by atoms with Gasteiger partial charge in [-0.3, -0.25) is 14.3 Å². The van der Waals surface area contributed by atoms with Gasteiger partial charge in [-0.05, 0) is 36.2 Å². The summed E-state index contributed by atoms with van der Waals surface area (Å²) in [5.41, 5.74) is 2.12. The van der Waals surface area contributed by atoms with Crippen molar-refractivity contribution in [3.05, 3.63) is 71.1 Å². The molecule has 0 aliphatic rings. The molecule has 0 fully saturated rings. The minimum Gasteiger partial charge on any atom is -0.462 e. The Hall–Kier alpha value is -3.70. The summed E-state index contributed by atoms with van der Waals surface area (Å²) >= 11 is 1.21. The van der Waals surface area contributed by atoms with Crippen LogP contribution in [0, 0.1) is 0 Å². The first kappa shape index (κ1) is 25.9. The number of esters is 1. The number of sulfonamides is 1. The number of anilines is 2. The molecule has 11 heteroatoms. The van der Waals surface area contributed by atoms with Gasteiger partial charge >= 0.3 is 5.97 Å². The van der Waals surface area contributed by atoms with E-state index in [4.69, 9.17) is 4.74 Å². The van der Waals surface area contributed by atoms with E-state index < -0.39 is 27.8 Å². The fourth-order valence-electron chi connectivity index (χ4n) is 3.16. The van der Waals surface area contributed by atoms with E-state index in [9.17, 15) is 22.8 Å². The van der Waals surface area contributed by atoms with Gasteiger partial charge in [0.05, 0.1) is 31.5 Å². The molecule has 0 aliphatic heterocycles. The number of benzene rings is 2. The molecule has 1 heterocycles. The second kappa shape index (κ2) is 11.6. The van der Waals surface area contributed by atoms with Crippen LogP contribution in [-0.2, 0) is 30.8 Å². The van der Waals surface area contributed by atoms with Gasteiger partial charge in [-0.25, -0.2) is 13.2 Å². The van der Waals surface area contributed by atoms with E-state index >= 15 is 0 Å². The van der Waals surface area contributed by atoms with Crippen molar-refractivity contribution in [2.75, 3.05) is 29.4 Å². The van der Waals surface area contributed by atoms with Crippen molar-refractivity contribution in [1.29, 1.82) is 0 Å². The maximum Gasteiger partial charge on any atom is 0.350 e. The van der Waals surface area contributed by atoms with Crippen LogP contribution in [0.3, 0.4) is 0 Å². The Balaban J connectivity index is 1.63. The van der Waals surface area contributed by atoms with Gasteiger partial charge in [0.15, 0.2) is 0 Å². The number of hydrogen-bond acceptors (Lipinski definition) is 7. The maximum atomic E-state index is 12.5. The molecule has 0 unspecified atom stereocenters. The molecule has 3 N–H and O–H groups in total. The number of thiophene rings is 1. The van der Waals surface area contributed by atoms with Gasteiger partial charge in [0.25, 0.3) is 0 Å². The summed E-state index contributed by atoms with van der Waals surface area (Å²) in [5.74, 6) is -1.46. The number of rotatable bonds is 10. The van der Waals surface area contributed by atoms with Crippen molar-refractivity contribution in [3.63, 3.8) is 0 Å². The highest BCUT2D eigenvalue weighted by atomic mass is 32.2. The van der Waals surface area contributed by atoms with Crippen LogP contribution in [0.25, 0.3) is 10.4 Å². The molecule has 0 saturated carbocycles. The minimum atomic E-state index is -3.44. The molecule has 2 aromatic carbocycles. The molecular formula is C24H25N3O6S2. The average Bonchev–Trinajstić information content (AvgIpc) is 3.21. The van der Waals surface area contributed by atoms with Gasteiger partial charge in [-0.1, -0.05) is 42.5 Å². The zero-order valence-electron chi connectivity index (χ0n) is 19.2. The summed E-state index contributed by atoms with van der Waals surface area (Å²) in [4.78, 5) is 38.3. The molecule has 0 atom stereocenters. The molecule has 0 bridgehead atoms. The fraction of sp³-hybridized carbons (Fsp3) is 0.208. The molecule has 3 rings (SSSR count). The largest absolute Gasteiger partial charge is 0.462 e. The van der Waals surface area contributed by atoms with E-state index in [-0.39, 0.29) is 24.4 Å². The van der Waals surface area contributed by atoms with Gasteiger partial charge < -0.3 is 15.4 Å². The van der Waals surface area contributed by atoms with Crippen LogP contribution in [0.4, 0.5) is 11.4 Å². The fourth-order valence-corrected chi connectivity index (χ4v) is 4.72. The summed E-state index contributed by atoms with van der Waals surface area (Å²) in [6.45, 7) is 1.59. The first-order valence-electron chi connectivity index (χ1n) is 10.6.